The van der Waals surface area contributed by atoms with Crippen LogP contribution in [0.4, 0.5) is 34.1 Å². The third-order valence-electron chi connectivity index (χ3n) is 12.4. The minimum Gasteiger partial charge on any atom is -0.310 e. The monoisotopic (exact) mass is 833 g/mol. The first-order valence-corrected chi connectivity index (χ1v) is 21.9. The molecule has 0 aliphatic rings. The maximum Gasteiger partial charge on any atom is 0.0645 e. The zero-order chi connectivity index (χ0) is 46.6. The Hall–Kier alpha value is -8.66. The predicted octanol–water partition coefficient (Wildman–Crippen LogP) is 17.4. The van der Waals surface area contributed by atoms with Crippen LogP contribution in [0.2, 0.25) is 0 Å². The molecule has 1 heterocycles. The van der Waals surface area contributed by atoms with Crippen molar-refractivity contribution in [2.24, 2.45) is 0 Å². The normalized spacial score (nSPS) is 12.2. The molecular weight excluding hydrogens is 787 g/mol. The molecule has 0 atom stereocenters. The van der Waals surface area contributed by atoms with Gasteiger partial charge >= 0.3 is 0 Å². The van der Waals surface area contributed by atoms with E-state index >= 15 is 0 Å². The Morgan fingerprint density at radius 3 is 1.51 bits per heavy atom. The summed E-state index contributed by atoms with van der Waals surface area (Å²) in [5.41, 5.74) is 11.1. The van der Waals surface area contributed by atoms with Gasteiger partial charge in [0, 0.05) is 50.6 Å². The summed E-state index contributed by atoms with van der Waals surface area (Å²) in [6.07, 6.45) is 0. The van der Waals surface area contributed by atoms with Gasteiger partial charge in [-0.15, -0.1) is 0 Å². The predicted molar refractivity (Wildman–Crippen MR) is 276 cm³/mol. The molecule has 306 valence electrons. The zero-order valence-electron chi connectivity index (χ0n) is 39.4. The highest BCUT2D eigenvalue weighted by Crippen LogP contribution is 2.42. The molecule has 0 bridgehead atoms. The van der Waals surface area contributed by atoms with Crippen LogP contribution in [-0.4, -0.2) is 4.57 Å². The number of benzene rings is 11. The molecule has 0 saturated carbocycles. The van der Waals surface area contributed by atoms with Gasteiger partial charge < -0.3 is 14.4 Å². The number of hydrogen-bond acceptors (Lipinski definition) is 2. The molecule has 12 rings (SSSR count). The second-order valence-electron chi connectivity index (χ2n) is 16.3. The summed E-state index contributed by atoms with van der Waals surface area (Å²) in [5, 5.41) is 6.34. The first kappa shape index (κ1) is 33.9. The number of para-hydroxylation sites is 3. The van der Waals surface area contributed by atoms with Crippen LogP contribution in [0.5, 0.6) is 0 Å². The fraction of sp³-hybridized carbons (Fsp3) is 0. The maximum atomic E-state index is 9.48. The Labute approximate surface area is 384 Å². The highest BCUT2D eigenvalue weighted by Gasteiger charge is 2.19. The van der Waals surface area contributed by atoms with Crippen molar-refractivity contribution < 1.29 is 5.48 Å². The van der Waals surface area contributed by atoms with Crippen molar-refractivity contribution in [2.45, 2.75) is 0 Å². The molecule has 0 radical (unpaired) electrons. The summed E-state index contributed by atoms with van der Waals surface area (Å²) in [4.78, 5) is 4.13. The Morgan fingerprint density at radius 1 is 0.277 bits per heavy atom. The van der Waals surface area contributed by atoms with E-state index in [0.717, 1.165) is 77.8 Å². The summed E-state index contributed by atoms with van der Waals surface area (Å²) >= 11 is 0. The topological polar surface area (TPSA) is 11.4 Å². The molecule has 3 nitrogen and oxygen atoms in total. The summed E-state index contributed by atoms with van der Waals surface area (Å²) in [6.45, 7) is 0. The van der Waals surface area contributed by atoms with Crippen LogP contribution in [0.1, 0.15) is 5.48 Å². The van der Waals surface area contributed by atoms with E-state index < -0.39 is 0 Å². The van der Waals surface area contributed by atoms with Crippen LogP contribution < -0.4 is 9.80 Å². The van der Waals surface area contributed by atoms with Gasteiger partial charge in [-0.1, -0.05) is 164 Å². The lowest BCUT2D eigenvalue weighted by molar-refractivity contribution is 1.18. The highest BCUT2D eigenvalue weighted by molar-refractivity contribution is 6.10. The molecular formula is C62H43N3. The van der Waals surface area contributed by atoms with E-state index in [4.69, 9.17) is 0 Å². The van der Waals surface area contributed by atoms with Gasteiger partial charge in [0.25, 0.3) is 0 Å². The van der Waals surface area contributed by atoms with Gasteiger partial charge in [-0.2, -0.15) is 0 Å². The Bertz CT molecular complexity index is 3860. The van der Waals surface area contributed by atoms with E-state index in [1.807, 2.05) is 102 Å². The first-order chi connectivity index (χ1) is 33.9. The fourth-order valence-corrected chi connectivity index (χ4v) is 9.22. The van der Waals surface area contributed by atoms with E-state index in [9.17, 15) is 5.48 Å². The molecule has 12 aromatic rings. The van der Waals surface area contributed by atoms with Crippen LogP contribution >= 0.6 is 0 Å². The smallest absolute Gasteiger partial charge is 0.0645 e. The van der Waals surface area contributed by atoms with Crippen LogP contribution in [0.25, 0.3) is 71.3 Å². The van der Waals surface area contributed by atoms with Gasteiger partial charge in [0.05, 0.1) is 16.5 Å². The van der Waals surface area contributed by atoms with E-state index in [1.54, 1.807) is 0 Å². The van der Waals surface area contributed by atoms with Crippen LogP contribution in [0.15, 0.2) is 261 Å². The van der Waals surface area contributed by atoms with E-state index in [2.05, 4.69) is 149 Å². The minimum absolute atomic E-state index is 0.0999. The number of nitrogens with zero attached hydrogens (tertiary/aromatic N) is 3. The van der Waals surface area contributed by atoms with Gasteiger partial charge in [0.2, 0.25) is 0 Å². The SMILES string of the molecule is [2H]c1c([2H])c(N(c2ccccc2)c2ccc3ccccc3c2)c([2H])c([2H])c1-c1ccc2cc(N(c3ccc(-c4ccccc4)cc3)c3ccc4c5ccccc5n(-c5ccccc5)c4c3)ccc2c1. The molecule has 0 aliphatic heterocycles. The van der Waals surface area contributed by atoms with Gasteiger partial charge in [0.1, 0.15) is 0 Å². The van der Waals surface area contributed by atoms with Gasteiger partial charge in [-0.25, -0.2) is 0 Å². The molecule has 1 aromatic heterocycles. The minimum atomic E-state index is -0.115. The molecule has 3 heteroatoms. The standard InChI is InChI=1S/C62H43N3/c1-4-14-44(15-5-1)46-26-32-55(33-27-46)64(58-38-39-60-59-22-12-13-23-61(59)65(62(60)43-58)53-20-8-3-9-21-53)57-37-31-50-40-49(24-25-51(50)42-57)47-28-34-54(35-29-47)63(52-18-6-2-7-19-52)56-36-30-45-16-10-11-17-48(45)41-56/h1-43H/i28D,29D,34D,35D. The number of hydrogen-bond donors (Lipinski definition) is 0. The van der Waals surface area contributed by atoms with Crippen molar-refractivity contribution in [1.29, 1.82) is 0 Å². The number of aromatic nitrogens is 1. The van der Waals surface area contributed by atoms with Crippen LogP contribution in [-0.2, 0) is 0 Å². The molecule has 65 heavy (non-hydrogen) atoms. The van der Waals surface area contributed by atoms with Crippen molar-refractivity contribution in [3.63, 3.8) is 0 Å². The Balaban J connectivity index is 0.971. The number of rotatable bonds is 9. The van der Waals surface area contributed by atoms with Crippen molar-refractivity contribution in [1.82, 2.24) is 4.57 Å². The molecule has 0 fully saturated rings. The Morgan fingerprint density at radius 2 is 0.754 bits per heavy atom. The lowest BCUT2D eigenvalue weighted by Crippen LogP contribution is -2.10. The lowest BCUT2D eigenvalue weighted by atomic mass is 10.00. The second-order valence-corrected chi connectivity index (χ2v) is 16.3. The molecule has 0 unspecified atom stereocenters. The largest absolute Gasteiger partial charge is 0.310 e. The van der Waals surface area contributed by atoms with Crippen LogP contribution in [0, 0.1) is 0 Å². The quantitative estimate of drug-likeness (QED) is 0.144. The fourth-order valence-electron chi connectivity index (χ4n) is 9.22. The summed E-state index contributed by atoms with van der Waals surface area (Å²) in [7, 11) is 0. The summed E-state index contributed by atoms with van der Waals surface area (Å²) < 4.78 is 40.2. The summed E-state index contributed by atoms with van der Waals surface area (Å²) in [5.74, 6) is 0. The van der Waals surface area contributed by atoms with Gasteiger partial charge in [0.15, 0.2) is 0 Å². The third kappa shape index (κ3) is 7.06. The number of anilines is 6. The molecule has 0 amide bonds. The van der Waals surface area contributed by atoms with E-state index in [-0.39, 0.29) is 35.4 Å². The van der Waals surface area contributed by atoms with Gasteiger partial charge in [-0.05, 0) is 141 Å². The van der Waals surface area contributed by atoms with E-state index in [0.29, 0.717) is 5.56 Å². The van der Waals surface area contributed by atoms with Crippen molar-refractivity contribution in [3.8, 4) is 27.9 Å². The highest BCUT2D eigenvalue weighted by atomic mass is 15.1. The Kier molecular flexibility index (Phi) is 8.47. The first-order valence-electron chi connectivity index (χ1n) is 23.9. The van der Waals surface area contributed by atoms with Crippen molar-refractivity contribution in [3.05, 3.63) is 261 Å². The molecule has 11 aromatic carbocycles. The van der Waals surface area contributed by atoms with Crippen molar-refractivity contribution >= 4 is 77.5 Å². The third-order valence-corrected chi connectivity index (χ3v) is 12.4. The van der Waals surface area contributed by atoms with Crippen LogP contribution in [0.3, 0.4) is 0 Å². The lowest BCUT2D eigenvalue weighted by Gasteiger charge is -2.26. The average Bonchev–Trinajstić information content (AvgIpc) is 3.74. The van der Waals surface area contributed by atoms with E-state index in [1.165, 1.54) is 10.8 Å². The zero-order valence-corrected chi connectivity index (χ0v) is 35.4. The number of fused-ring (bicyclic) bond motifs is 5. The molecule has 0 spiro atoms. The second kappa shape index (κ2) is 16.2. The van der Waals surface area contributed by atoms with Gasteiger partial charge in [-0.3, -0.25) is 0 Å². The molecule has 0 aliphatic carbocycles. The maximum absolute atomic E-state index is 9.48. The molecule has 0 saturated heterocycles. The molecule has 0 N–H and O–H groups in total. The average molecular weight is 834 g/mol. The summed E-state index contributed by atoms with van der Waals surface area (Å²) in [6, 6.07) is 80.5. The van der Waals surface area contributed by atoms with Crippen molar-refractivity contribution in [2.75, 3.05) is 9.80 Å².